The van der Waals surface area contributed by atoms with E-state index in [0.29, 0.717) is 23.9 Å². The van der Waals surface area contributed by atoms with Gasteiger partial charge in [-0.1, -0.05) is 18.2 Å². The molecular formula is C16H24N2O3S. The number of hydrogen-bond donors (Lipinski definition) is 0. The van der Waals surface area contributed by atoms with E-state index in [-0.39, 0.29) is 0 Å². The maximum Gasteiger partial charge on any atom is 0.243 e. The summed E-state index contributed by atoms with van der Waals surface area (Å²) in [6.07, 6.45) is 2.37. The first-order chi connectivity index (χ1) is 10.7. The molecule has 0 bridgehead atoms. The van der Waals surface area contributed by atoms with Crippen molar-refractivity contribution in [2.75, 3.05) is 45.9 Å². The second-order valence-electron chi connectivity index (χ2n) is 6.10. The van der Waals surface area contributed by atoms with Gasteiger partial charge in [-0.2, -0.15) is 4.31 Å². The lowest BCUT2D eigenvalue weighted by Gasteiger charge is -2.36. The van der Waals surface area contributed by atoms with Crippen LogP contribution in [0.3, 0.4) is 0 Å². The van der Waals surface area contributed by atoms with Gasteiger partial charge in [-0.3, -0.25) is 0 Å². The Balaban J connectivity index is 1.55. The van der Waals surface area contributed by atoms with Gasteiger partial charge in [0.05, 0.1) is 11.5 Å². The summed E-state index contributed by atoms with van der Waals surface area (Å²) in [5.41, 5.74) is 0. The Morgan fingerprint density at radius 1 is 1.09 bits per heavy atom. The van der Waals surface area contributed by atoms with Crippen LogP contribution >= 0.6 is 0 Å². The summed E-state index contributed by atoms with van der Waals surface area (Å²) >= 11 is 0. The van der Waals surface area contributed by atoms with Gasteiger partial charge >= 0.3 is 0 Å². The molecular weight excluding hydrogens is 300 g/mol. The molecule has 0 saturated carbocycles. The summed E-state index contributed by atoms with van der Waals surface area (Å²) < 4.78 is 32.3. The number of benzene rings is 1. The van der Waals surface area contributed by atoms with E-state index in [1.807, 2.05) is 6.07 Å². The number of nitrogens with zero attached hydrogens (tertiary/aromatic N) is 2. The predicted molar refractivity (Wildman–Crippen MR) is 85.2 cm³/mol. The summed E-state index contributed by atoms with van der Waals surface area (Å²) in [6.45, 7) is 5.53. The molecule has 0 aliphatic carbocycles. The van der Waals surface area contributed by atoms with Crippen molar-refractivity contribution in [3.05, 3.63) is 30.3 Å². The quantitative estimate of drug-likeness (QED) is 0.840. The zero-order valence-electron chi connectivity index (χ0n) is 12.9. The molecule has 2 saturated heterocycles. The van der Waals surface area contributed by atoms with E-state index < -0.39 is 10.0 Å². The van der Waals surface area contributed by atoms with E-state index in [1.165, 1.54) is 6.42 Å². The summed E-state index contributed by atoms with van der Waals surface area (Å²) in [7, 11) is -3.34. The van der Waals surface area contributed by atoms with Crippen molar-refractivity contribution in [3.8, 4) is 0 Å². The normalized spacial score (nSPS) is 25.2. The van der Waals surface area contributed by atoms with Crippen molar-refractivity contribution in [2.45, 2.75) is 17.7 Å². The molecule has 1 aromatic rings. The fourth-order valence-electron chi connectivity index (χ4n) is 3.21. The third-order valence-electron chi connectivity index (χ3n) is 4.48. The lowest BCUT2D eigenvalue weighted by molar-refractivity contribution is 0.0335. The van der Waals surface area contributed by atoms with Gasteiger partial charge in [0.15, 0.2) is 0 Å². The smallest absolute Gasteiger partial charge is 0.243 e. The average Bonchev–Trinajstić information content (AvgIpc) is 2.57. The van der Waals surface area contributed by atoms with Gasteiger partial charge < -0.3 is 9.64 Å². The standard InChI is InChI=1S/C16H24N2O3S/c19-22(20,16-6-2-1-3-7-16)18-10-8-17(9-11-18)13-15-5-4-12-21-14-15/h1-3,6-7,15H,4-5,8-14H2/t15-/m0/s1. The highest BCUT2D eigenvalue weighted by molar-refractivity contribution is 7.89. The van der Waals surface area contributed by atoms with Crippen LogP contribution in [0, 0.1) is 5.92 Å². The van der Waals surface area contributed by atoms with E-state index in [9.17, 15) is 8.42 Å². The molecule has 0 unspecified atom stereocenters. The Morgan fingerprint density at radius 2 is 1.82 bits per heavy atom. The molecule has 2 aliphatic heterocycles. The molecule has 2 fully saturated rings. The van der Waals surface area contributed by atoms with Crippen LogP contribution in [0.25, 0.3) is 0 Å². The first-order valence-corrected chi connectivity index (χ1v) is 9.45. The Bertz CT molecular complexity index is 562. The molecule has 22 heavy (non-hydrogen) atoms. The lowest BCUT2D eigenvalue weighted by Crippen LogP contribution is -2.50. The van der Waals surface area contributed by atoms with E-state index in [0.717, 1.165) is 39.3 Å². The minimum atomic E-state index is -3.34. The van der Waals surface area contributed by atoms with Crippen LogP contribution in [-0.2, 0) is 14.8 Å². The van der Waals surface area contributed by atoms with Crippen molar-refractivity contribution >= 4 is 10.0 Å². The molecule has 0 spiro atoms. The molecule has 0 aromatic heterocycles. The average molecular weight is 324 g/mol. The Labute approximate surface area is 132 Å². The van der Waals surface area contributed by atoms with E-state index in [2.05, 4.69) is 4.90 Å². The summed E-state index contributed by atoms with van der Waals surface area (Å²) in [4.78, 5) is 2.76. The van der Waals surface area contributed by atoms with Crippen LogP contribution in [0.4, 0.5) is 0 Å². The molecule has 5 nitrogen and oxygen atoms in total. The number of hydrogen-bond acceptors (Lipinski definition) is 4. The first-order valence-electron chi connectivity index (χ1n) is 8.01. The topological polar surface area (TPSA) is 49.9 Å². The second-order valence-corrected chi connectivity index (χ2v) is 8.04. The molecule has 0 radical (unpaired) electrons. The minimum Gasteiger partial charge on any atom is -0.381 e. The first kappa shape index (κ1) is 15.9. The Kier molecular flexibility index (Phi) is 5.13. The largest absolute Gasteiger partial charge is 0.381 e. The van der Waals surface area contributed by atoms with Gasteiger partial charge in [0.2, 0.25) is 10.0 Å². The molecule has 3 rings (SSSR count). The third kappa shape index (κ3) is 3.68. The zero-order chi connectivity index (χ0) is 15.4. The lowest BCUT2D eigenvalue weighted by atomic mass is 10.0. The van der Waals surface area contributed by atoms with Crippen molar-refractivity contribution < 1.29 is 13.2 Å². The van der Waals surface area contributed by atoms with Crippen molar-refractivity contribution in [3.63, 3.8) is 0 Å². The van der Waals surface area contributed by atoms with Crippen LogP contribution < -0.4 is 0 Å². The monoisotopic (exact) mass is 324 g/mol. The van der Waals surface area contributed by atoms with Crippen LogP contribution in [-0.4, -0.2) is 63.6 Å². The van der Waals surface area contributed by atoms with Crippen LogP contribution in [0.2, 0.25) is 0 Å². The van der Waals surface area contributed by atoms with Gasteiger partial charge in [0.1, 0.15) is 0 Å². The molecule has 6 heteroatoms. The van der Waals surface area contributed by atoms with Gasteiger partial charge in [0.25, 0.3) is 0 Å². The molecule has 122 valence electrons. The maximum atomic E-state index is 12.6. The Hall–Kier alpha value is -0.950. The number of piperazine rings is 1. The second kappa shape index (κ2) is 7.08. The minimum absolute atomic E-state index is 0.393. The van der Waals surface area contributed by atoms with Crippen molar-refractivity contribution in [1.29, 1.82) is 0 Å². The Morgan fingerprint density at radius 3 is 2.45 bits per heavy atom. The van der Waals surface area contributed by atoms with Gasteiger partial charge in [-0.15, -0.1) is 0 Å². The molecule has 0 amide bonds. The van der Waals surface area contributed by atoms with E-state index >= 15 is 0 Å². The number of sulfonamides is 1. The van der Waals surface area contributed by atoms with Gasteiger partial charge in [-0.25, -0.2) is 8.42 Å². The number of rotatable bonds is 4. The van der Waals surface area contributed by atoms with Gasteiger partial charge in [-0.05, 0) is 30.9 Å². The summed E-state index contributed by atoms with van der Waals surface area (Å²) in [6, 6.07) is 8.71. The van der Waals surface area contributed by atoms with Crippen LogP contribution in [0.5, 0.6) is 0 Å². The summed E-state index contributed by atoms with van der Waals surface area (Å²) in [5, 5.41) is 0. The number of ether oxygens (including phenoxy) is 1. The molecule has 2 heterocycles. The fraction of sp³-hybridized carbons (Fsp3) is 0.625. The molecule has 2 aliphatic rings. The molecule has 1 aromatic carbocycles. The highest BCUT2D eigenvalue weighted by Gasteiger charge is 2.29. The van der Waals surface area contributed by atoms with Gasteiger partial charge in [0, 0.05) is 39.3 Å². The zero-order valence-corrected chi connectivity index (χ0v) is 13.7. The SMILES string of the molecule is O=S(=O)(c1ccccc1)N1CCN(C[C@@H]2CCCOC2)CC1. The molecule has 1 atom stereocenters. The molecule has 0 N–H and O–H groups in total. The highest BCUT2D eigenvalue weighted by atomic mass is 32.2. The van der Waals surface area contributed by atoms with Crippen molar-refractivity contribution in [1.82, 2.24) is 9.21 Å². The van der Waals surface area contributed by atoms with Crippen LogP contribution in [0.1, 0.15) is 12.8 Å². The van der Waals surface area contributed by atoms with Crippen molar-refractivity contribution in [2.24, 2.45) is 5.92 Å². The van der Waals surface area contributed by atoms with E-state index in [4.69, 9.17) is 4.74 Å². The summed E-state index contributed by atoms with van der Waals surface area (Å²) in [5.74, 6) is 0.603. The van der Waals surface area contributed by atoms with Crippen LogP contribution in [0.15, 0.2) is 35.2 Å². The van der Waals surface area contributed by atoms with E-state index in [1.54, 1.807) is 28.6 Å². The predicted octanol–water partition coefficient (Wildman–Crippen LogP) is 1.42. The maximum absolute atomic E-state index is 12.6. The fourth-order valence-corrected chi connectivity index (χ4v) is 4.65. The highest BCUT2D eigenvalue weighted by Crippen LogP contribution is 2.19. The third-order valence-corrected chi connectivity index (χ3v) is 6.40.